The van der Waals surface area contributed by atoms with Crippen LogP contribution in [0.5, 0.6) is 11.5 Å². The molecule has 3 rings (SSSR count). The van der Waals surface area contributed by atoms with Crippen molar-refractivity contribution in [2.75, 3.05) is 19.4 Å². The molecule has 1 aliphatic heterocycles. The van der Waals surface area contributed by atoms with Crippen LogP contribution in [0.1, 0.15) is 11.1 Å². The van der Waals surface area contributed by atoms with Gasteiger partial charge in [-0.25, -0.2) is 0 Å². The van der Waals surface area contributed by atoms with Gasteiger partial charge in [0.1, 0.15) is 6.61 Å². The molecule has 2 aromatic carbocycles. The molecule has 120 valence electrons. The number of rotatable bonds is 5. The number of methoxy groups -OCH3 is 1. The van der Waals surface area contributed by atoms with Crippen molar-refractivity contribution in [2.24, 2.45) is 4.99 Å². The van der Waals surface area contributed by atoms with E-state index in [-0.39, 0.29) is 0 Å². The summed E-state index contributed by atoms with van der Waals surface area (Å²) in [5.74, 6) is 2.15. The number of halogens is 2. The summed E-state index contributed by atoms with van der Waals surface area (Å²) in [6.07, 6.45) is 0. The van der Waals surface area contributed by atoms with E-state index in [9.17, 15) is 0 Å². The number of thioether (sulfide) groups is 1. The summed E-state index contributed by atoms with van der Waals surface area (Å²) < 4.78 is 11.3. The van der Waals surface area contributed by atoms with Crippen molar-refractivity contribution in [3.8, 4) is 11.5 Å². The van der Waals surface area contributed by atoms with E-state index in [0.717, 1.165) is 28.5 Å². The summed E-state index contributed by atoms with van der Waals surface area (Å²) in [5.41, 5.74) is 1.97. The second-order valence-corrected chi connectivity index (χ2v) is 6.87. The second kappa shape index (κ2) is 7.47. The molecule has 0 N–H and O–H groups in total. The molecule has 0 saturated carbocycles. The van der Waals surface area contributed by atoms with Gasteiger partial charge in [0.2, 0.25) is 0 Å². The molecule has 0 fully saturated rings. The summed E-state index contributed by atoms with van der Waals surface area (Å²) in [4.78, 5) is 4.47. The first-order valence-corrected chi connectivity index (χ1v) is 8.84. The Hall–Kier alpha value is -1.36. The summed E-state index contributed by atoms with van der Waals surface area (Å²) in [7, 11) is 1.61. The van der Waals surface area contributed by atoms with Gasteiger partial charge in [-0.3, -0.25) is 4.99 Å². The third kappa shape index (κ3) is 3.94. The van der Waals surface area contributed by atoms with Crippen LogP contribution in [-0.4, -0.2) is 24.5 Å². The summed E-state index contributed by atoms with van der Waals surface area (Å²) in [6, 6.07) is 11.3. The van der Waals surface area contributed by atoms with Crippen LogP contribution in [0, 0.1) is 0 Å². The van der Waals surface area contributed by atoms with Gasteiger partial charge in [0, 0.05) is 22.9 Å². The van der Waals surface area contributed by atoms with Crippen LogP contribution in [0.25, 0.3) is 0 Å². The molecular formula is C17H15Cl2NO2S. The van der Waals surface area contributed by atoms with Crippen molar-refractivity contribution < 1.29 is 9.47 Å². The number of nitrogens with zero attached hydrogens (tertiary/aromatic N) is 1. The lowest BCUT2D eigenvalue weighted by molar-refractivity contribution is 0.284. The van der Waals surface area contributed by atoms with Crippen LogP contribution < -0.4 is 9.47 Å². The van der Waals surface area contributed by atoms with E-state index in [1.165, 1.54) is 0 Å². The van der Waals surface area contributed by atoms with Crippen molar-refractivity contribution in [1.82, 2.24) is 0 Å². The Balaban J connectivity index is 1.82. The van der Waals surface area contributed by atoms with Gasteiger partial charge in [-0.15, -0.1) is 11.8 Å². The fourth-order valence-corrected chi connectivity index (χ4v) is 3.46. The maximum atomic E-state index is 6.39. The maximum Gasteiger partial charge on any atom is 0.180 e. The number of hydrogen-bond acceptors (Lipinski definition) is 4. The van der Waals surface area contributed by atoms with Crippen molar-refractivity contribution in [3.05, 3.63) is 57.6 Å². The van der Waals surface area contributed by atoms with E-state index in [4.69, 9.17) is 32.7 Å². The van der Waals surface area contributed by atoms with E-state index >= 15 is 0 Å². The highest BCUT2D eigenvalue weighted by molar-refractivity contribution is 8.14. The Morgan fingerprint density at radius 3 is 2.61 bits per heavy atom. The lowest BCUT2D eigenvalue weighted by atomic mass is 10.2. The molecule has 0 unspecified atom stereocenters. The minimum absolute atomic E-state index is 0.391. The van der Waals surface area contributed by atoms with Crippen molar-refractivity contribution in [2.45, 2.75) is 6.61 Å². The Morgan fingerprint density at radius 2 is 1.96 bits per heavy atom. The Labute approximate surface area is 149 Å². The lowest BCUT2D eigenvalue weighted by Crippen LogP contribution is -2.01. The highest BCUT2D eigenvalue weighted by Crippen LogP contribution is 2.38. The van der Waals surface area contributed by atoms with E-state index in [1.54, 1.807) is 18.9 Å². The van der Waals surface area contributed by atoms with Gasteiger partial charge in [0.25, 0.3) is 0 Å². The van der Waals surface area contributed by atoms with E-state index in [0.29, 0.717) is 28.2 Å². The minimum atomic E-state index is 0.391. The molecule has 0 spiro atoms. The average molecular weight is 368 g/mol. The molecule has 0 bridgehead atoms. The molecule has 0 radical (unpaired) electrons. The third-order valence-corrected chi connectivity index (χ3v) is 4.92. The minimum Gasteiger partial charge on any atom is -0.493 e. The molecule has 0 aliphatic carbocycles. The summed E-state index contributed by atoms with van der Waals surface area (Å²) >= 11 is 14.0. The quantitative estimate of drug-likeness (QED) is 0.738. The Morgan fingerprint density at radius 1 is 1.17 bits per heavy atom. The van der Waals surface area contributed by atoms with Crippen LogP contribution >= 0.6 is 35.0 Å². The molecule has 0 atom stereocenters. The van der Waals surface area contributed by atoms with Crippen molar-refractivity contribution >= 4 is 40.0 Å². The first kappa shape index (κ1) is 16.5. The Bertz CT molecular complexity index is 732. The molecule has 6 heteroatoms. The first-order valence-electron chi connectivity index (χ1n) is 7.10. The van der Waals surface area contributed by atoms with Gasteiger partial charge < -0.3 is 9.47 Å². The first-order chi connectivity index (χ1) is 11.2. The van der Waals surface area contributed by atoms with Crippen LogP contribution in [0.4, 0.5) is 0 Å². The molecule has 0 aromatic heterocycles. The summed E-state index contributed by atoms with van der Waals surface area (Å²) in [6.45, 7) is 1.23. The SMILES string of the molecule is COc1cc(C2=NCCS2)cc(Cl)c1OCc1ccc(Cl)cc1. The van der Waals surface area contributed by atoms with Crippen molar-refractivity contribution in [1.29, 1.82) is 0 Å². The number of ether oxygens (including phenoxy) is 2. The summed E-state index contributed by atoms with van der Waals surface area (Å²) in [5, 5.41) is 2.21. The van der Waals surface area contributed by atoms with Crippen molar-refractivity contribution in [3.63, 3.8) is 0 Å². The van der Waals surface area contributed by atoms with E-state index in [1.807, 2.05) is 36.4 Å². The standard InChI is InChI=1S/C17H15Cl2NO2S/c1-21-15-9-12(17-20-6-7-23-17)8-14(19)16(15)22-10-11-2-4-13(18)5-3-11/h2-5,8-9H,6-7,10H2,1H3. The number of hydrogen-bond donors (Lipinski definition) is 0. The van der Waals surface area contributed by atoms with Gasteiger partial charge in [-0.05, 0) is 29.8 Å². The number of benzene rings is 2. The third-order valence-electron chi connectivity index (χ3n) is 3.36. The maximum absolute atomic E-state index is 6.39. The number of aliphatic imine (C=N–C) groups is 1. The lowest BCUT2D eigenvalue weighted by Gasteiger charge is -2.14. The highest BCUT2D eigenvalue weighted by atomic mass is 35.5. The highest BCUT2D eigenvalue weighted by Gasteiger charge is 2.17. The molecule has 1 aliphatic rings. The normalized spacial score (nSPS) is 13.8. The molecule has 2 aromatic rings. The monoisotopic (exact) mass is 367 g/mol. The largest absolute Gasteiger partial charge is 0.493 e. The zero-order valence-electron chi connectivity index (χ0n) is 12.5. The smallest absolute Gasteiger partial charge is 0.180 e. The fraction of sp³-hybridized carbons (Fsp3) is 0.235. The molecule has 3 nitrogen and oxygen atoms in total. The molecule has 0 amide bonds. The molecular weight excluding hydrogens is 353 g/mol. The van der Waals surface area contributed by atoms with Crippen LogP contribution in [0.3, 0.4) is 0 Å². The predicted octanol–water partition coefficient (Wildman–Crippen LogP) is 5.07. The van der Waals surface area contributed by atoms with Gasteiger partial charge in [0.15, 0.2) is 11.5 Å². The molecule has 23 heavy (non-hydrogen) atoms. The van der Waals surface area contributed by atoms with Gasteiger partial charge in [-0.2, -0.15) is 0 Å². The van der Waals surface area contributed by atoms with Crippen LogP contribution in [-0.2, 0) is 6.61 Å². The van der Waals surface area contributed by atoms with Gasteiger partial charge >= 0.3 is 0 Å². The fourth-order valence-electron chi connectivity index (χ4n) is 2.23. The topological polar surface area (TPSA) is 30.8 Å². The average Bonchev–Trinajstić information content (AvgIpc) is 3.09. The van der Waals surface area contributed by atoms with Crippen LogP contribution in [0.15, 0.2) is 41.4 Å². The zero-order valence-corrected chi connectivity index (χ0v) is 14.8. The van der Waals surface area contributed by atoms with E-state index < -0.39 is 0 Å². The van der Waals surface area contributed by atoms with Crippen LogP contribution in [0.2, 0.25) is 10.0 Å². The Kier molecular flexibility index (Phi) is 5.36. The van der Waals surface area contributed by atoms with Gasteiger partial charge in [0.05, 0.1) is 17.2 Å². The van der Waals surface area contributed by atoms with E-state index in [2.05, 4.69) is 4.99 Å². The molecule has 1 heterocycles. The van der Waals surface area contributed by atoms with Gasteiger partial charge in [-0.1, -0.05) is 35.3 Å². The predicted molar refractivity (Wildman–Crippen MR) is 97.7 cm³/mol. The second-order valence-electron chi connectivity index (χ2n) is 4.94. The molecule has 0 saturated heterocycles. The zero-order chi connectivity index (χ0) is 16.2.